The molecule has 0 aliphatic carbocycles. The maximum absolute atomic E-state index is 12.7. The van der Waals surface area contributed by atoms with Crippen molar-refractivity contribution in [1.82, 2.24) is 15.5 Å². The first kappa shape index (κ1) is 22.5. The smallest absolute Gasteiger partial charge is 0.267 e. The van der Waals surface area contributed by atoms with Crippen LogP contribution < -0.4 is 15.4 Å². The van der Waals surface area contributed by atoms with Crippen molar-refractivity contribution in [3.63, 3.8) is 0 Å². The minimum Gasteiger partial charge on any atom is -0.497 e. The van der Waals surface area contributed by atoms with Crippen LogP contribution in [0.25, 0.3) is 6.08 Å². The quantitative estimate of drug-likeness (QED) is 0.487. The highest BCUT2D eigenvalue weighted by molar-refractivity contribution is 6.30. The molecular formula is C22H26ClN3O3. The first-order valence-electron chi connectivity index (χ1n) is 9.24. The summed E-state index contributed by atoms with van der Waals surface area (Å²) in [4.78, 5) is 27.3. The number of rotatable bonds is 9. The maximum atomic E-state index is 12.7. The van der Waals surface area contributed by atoms with Gasteiger partial charge in [-0.3, -0.25) is 9.59 Å². The van der Waals surface area contributed by atoms with Crippen LogP contribution in [0.15, 0.2) is 54.2 Å². The summed E-state index contributed by atoms with van der Waals surface area (Å²) in [5.41, 5.74) is 1.34. The second kappa shape index (κ2) is 11.2. The van der Waals surface area contributed by atoms with Gasteiger partial charge in [-0.05, 0) is 75.1 Å². The Hall–Kier alpha value is -2.83. The van der Waals surface area contributed by atoms with Gasteiger partial charge in [0.2, 0.25) is 0 Å². The number of carbonyl (C=O) groups excluding carboxylic acids is 2. The number of ether oxygens (including phenoxy) is 1. The van der Waals surface area contributed by atoms with Gasteiger partial charge in [0.1, 0.15) is 11.4 Å². The van der Waals surface area contributed by atoms with Crippen molar-refractivity contribution in [3.05, 3.63) is 70.4 Å². The van der Waals surface area contributed by atoms with Crippen molar-refractivity contribution >= 4 is 29.5 Å². The highest BCUT2D eigenvalue weighted by Crippen LogP contribution is 2.14. The fourth-order valence-corrected chi connectivity index (χ4v) is 2.64. The van der Waals surface area contributed by atoms with E-state index in [1.807, 2.05) is 19.0 Å². The monoisotopic (exact) mass is 415 g/mol. The van der Waals surface area contributed by atoms with Gasteiger partial charge in [0.05, 0.1) is 7.11 Å². The molecule has 2 amide bonds. The molecule has 0 aliphatic heterocycles. The van der Waals surface area contributed by atoms with Crippen LogP contribution in [0.4, 0.5) is 0 Å². The molecule has 0 bridgehead atoms. The van der Waals surface area contributed by atoms with Crippen LogP contribution in [-0.2, 0) is 4.79 Å². The molecule has 0 aromatic heterocycles. The highest BCUT2D eigenvalue weighted by Gasteiger charge is 2.14. The summed E-state index contributed by atoms with van der Waals surface area (Å²) >= 11 is 5.93. The first-order valence-corrected chi connectivity index (χ1v) is 9.62. The van der Waals surface area contributed by atoms with Crippen LogP contribution >= 0.6 is 11.6 Å². The molecule has 154 valence electrons. The van der Waals surface area contributed by atoms with Crippen LogP contribution in [0, 0.1) is 0 Å². The molecule has 7 heteroatoms. The Balaban J connectivity index is 2.15. The molecule has 0 atom stereocenters. The lowest BCUT2D eigenvalue weighted by atomic mass is 10.1. The van der Waals surface area contributed by atoms with E-state index in [0.717, 1.165) is 18.5 Å². The van der Waals surface area contributed by atoms with Gasteiger partial charge in [-0.15, -0.1) is 0 Å². The molecule has 0 radical (unpaired) electrons. The van der Waals surface area contributed by atoms with Gasteiger partial charge in [0.25, 0.3) is 11.8 Å². The van der Waals surface area contributed by atoms with E-state index in [4.69, 9.17) is 16.3 Å². The van der Waals surface area contributed by atoms with E-state index in [0.29, 0.717) is 22.9 Å². The molecule has 0 saturated heterocycles. The fraction of sp³-hybridized carbons (Fsp3) is 0.273. The van der Waals surface area contributed by atoms with E-state index >= 15 is 0 Å². The van der Waals surface area contributed by atoms with Gasteiger partial charge < -0.3 is 20.3 Å². The molecule has 0 unspecified atom stereocenters. The summed E-state index contributed by atoms with van der Waals surface area (Å²) in [6.45, 7) is 1.36. The Labute approximate surface area is 176 Å². The van der Waals surface area contributed by atoms with Crippen molar-refractivity contribution in [2.24, 2.45) is 0 Å². The third kappa shape index (κ3) is 7.60. The minimum absolute atomic E-state index is 0.165. The molecule has 0 fully saturated rings. The Morgan fingerprint density at radius 2 is 1.72 bits per heavy atom. The highest BCUT2D eigenvalue weighted by atomic mass is 35.5. The summed E-state index contributed by atoms with van der Waals surface area (Å²) in [6.07, 6.45) is 2.43. The molecule has 6 nitrogen and oxygen atoms in total. The number of halogens is 1. The van der Waals surface area contributed by atoms with E-state index in [-0.39, 0.29) is 17.5 Å². The number of carbonyl (C=O) groups is 2. The van der Waals surface area contributed by atoms with Crippen LogP contribution in [0.3, 0.4) is 0 Å². The Morgan fingerprint density at radius 1 is 1.07 bits per heavy atom. The fourth-order valence-electron chi connectivity index (χ4n) is 2.51. The molecule has 2 aromatic carbocycles. The number of hydrogen-bond acceptors (Lipinski definition) is 4. The Kier molecular flexibility index (Phi) is 8.70. The summed E-state index contributed by atoms with van der Waals surface area (Å²) in [7, 11) is 5.51. The van der Waals surface area contributed by atoms with Crippen LogP contribution in [0.5, 0.6) is 5.75 Å². The molecule has 2 aromatic rings. The SMILES string of the molecule is COc1ccc(C(=O)NC(=Cc2ccc(Cl)cc2)C(=O)NCCCN(C)C)cc1. The summed E-state index contributed by atoms with van der Waals surface area (Å²) in [5.74, 6) is -0.0750. The molecule has 0 aliphatic rings. The van der Waals surface area contributed by atoms with Crippen LogP contribution in [0.2, 0.25) is 5.02 Å². The zero-order valence-electron chi connectivity index (χ0n) is 16.9. The zero-order chi connectivity index (χ0) is 21.2. The minimum atomic E-state index is -0.378. The number of nitrogens with one attached hydrogen (secondary N) is 2. The maximum Gasteiger partial charge on any atom is 0.267 e. The lowest BCUT2D eigenvalue weighted by Gasteiger charge is -2.13. The van der Waals surface area contributed by atoms with E-state index < -0.39 is 0 Å². The Bertz CT molecular complexity index is 847. The van der Waals surface area contributed by atoms with Crippen molar-refractivity contribution in [2.45, 2.75) is 6.42 Å². The molecule has 0 saturated carbocycles. The molecule has 0 spiro atoms. The van der Waals surface area contributed by atoms with Crippen molar-refractivity contribution in [3.8, 4) is 5.75 Å². The van der Waals surface area contributed by atoms with Gasteiger partial charge in [0, 0.05) is 17.1 Å². The third-order valence-corrected chi connectivity index (χ3v) is 4.35. The summed E-state index contributed by atoms with van der Waals surface area (Å²) < 4.78 is 5.11. The van der Waals surface area contributed by atoms with Gasteiger partial charge >= 0.3 is 0 Å². The molecule has 2 N–H and O–H groups in total. The summed E-state index contributed by atoms with van der Waals surface area (Å²) in [6, 6.07) is 13.7. The van der Waals surface area contributed by atoms with Crippen molar-refractivity contribution in [2.75, 3.05) is 34.3 Å². The second-order valence-electron chi connectivity index (χ2n) is 6.70. The predicted molar refractivity (Wildman–Crippen MR) is 116 cm³/mol. The van der Waals surface area contributed by atoms with E-state index in [2.05, 4.69) is 10.6 Å². The van der Waals surface area contributed by atoms with E-state index in [1.165, 1.54) is 0 Å². The predicted octanol–water partition coefficient (Wildman–Crippen LogP) is 3.19. The number of methoxy groups -OCH3 is 1. The molecule has 0 heterocycles. The number of amides is 2. The molecular weight excluding hydrogens is 390 g/mol. The number of benzene rings is 2. The lowest BCUT2D eigenvalue weighted by molar-refractivity contribution is -0.117. The van der Waals surface area contributed by atoms with Crippen molar-refractivity contribution in [1.29, 1.82) is 0 Å². The third-order valence-electron chi connectivity index (χ3n) is 4.09. The summed E-state index contributed by atoms with van der Waals surface area (Å²) in [5, 5.41) is 6.16. The van der Waals surface area contributed by atoms with E-state index in [1.54, 1.807) is 61.7 Å². The van der Waals surface area contributed by atoms with Gasteiger partial charge in [-0.1, -0.05) is 23.7 Å². The largest absolute Gasteiger partial charge is 0.497 e. The lowest BCUT2D eigenvalue weighted by Crippen LogP contribution is -2.36. The van der Waals surface area contributed by atoms with Crippen LogP contribution in [-0.4, -0.2) is 51.0 Å². The van der Waals surface area contributed by atoms with Crippen molar-refractivity contribution < 1.29 is 14.3 Å². The Morgan fingerprint density at radius 3 is 2.31 bits per heavy atom. The number of nitrogens with zero attached hydrogens (tertiary/aromatic N) is 1. The normalized spacial score (nSPS) is 11.3. The second-order valence-corrected chi connectivity index (χ2v) is 7.14. The topological polar surface area (TPSA) is 70.7 Å². The molecule has 2 rings (SSSR count). The van der Waals surface area contributed by atoms with Crippen LogP contribution in [0.1, 0.15) is 22.3 Å². The van der Waals surface area contributed by atoms with Gasteiger partial charge in [-0.25, -0.2) is 0 Å². The van der Waals surface area contributed by atoms with Gasteiger partial charge in [0.15, 0.2) is 0 Å². The van der Waals surface area contributed by atoms with Gasteiger partial charge in [-0.2, -0.15) is 0 Å². The first-order chi connectivity index (χ1) is 13.9. The standard InChI is InChI=1S/C22H26ClN3O3/c1-26(2)14-4-13-24-22(28)20(15-16-5-9-18(23)10-6-16)25-21(27)17-7-11-19(29-3)12-8-17/h5-12,15H,4,13-14H2,1-3H3,(H,24,28)(H,25,27). The zero-order valence-corrected chi connectivity index (χ0v) is 17.6. The van der Waals surface area contributed by atoms with E-state index in [9.17, 15) is 9.59 Å². The number of hydrogen-bond donors (Lipinski definition) is 2. The average molecular weight is 416 g/mol. The average Bonchev–Trinajstić information content (AvgIpc) is 2.72. The molecule has 29 heavy (non-hydrogen) atoms.